The van der Waals surface area contributed by atoms with Crippen molar-refractivity contribution >= 4 is 39.1 Å². The molecule has 0 radical (unpaired) electrons. The van der Waals surface area contributed by atoms with E-state index in [2.05, 4.69) is 10.0 Å². The first-order valence-electron chi connectivity index (χ1n) is 9.10. The van der Waals surface area contributed by atoms with Gasteiger partial charge in [-0.15, -0.1) is 11.8 Å². The summed E-state index contributed by atoms with van der Waals surface area (Å²) in [7, 11) is -3.69. The zero-order valence-electron chi connectivity index (χ0n) is 16.0. The molecule has 0 unspecified atom stereocenters. The van der Waals surface area contributed by atoms with Crippen molar-refractivity contribution in [2.75, 3.05) is 15.8 Å². The first-order chi connectivity index (χ1) is 13.9. The Morgan fingerprint density at radius 2 is 1.55 bits per heavy atom. The van der Waals surface area contributed by atoms with Gasteiger partial charge in [0.1, 0.15) is 0 Å². The zero-order chi connectivity index (χ0) is 20.7. The van der Waals surface area contributed by atoms with Crippen LogP contribution in [0.2, 0.25) is 0 Å². The van der Waals surface area contributed by atoms with Gasteiger partial charge in [0.05, 0.1) is 10.6 Å². The van der Waals surface area contributed by atoms with E-state index in [1.54, 1.807) is 36.0 Å². The maximum atomic E-state index is 12.6. The van der Waals surface area contributed by atoms with Crippen molar-refractivity contribution in [3.63, 3.8) is 0 Å². The number of rotatable bonds is 8. The molecule has 5 nitrogen and oxygen atoms in total. The molecule has 0 bridgehead atoms. The number of amides is 1. The van der Waals surface area contributed by atoms with Crippen molar-refractivity contribution in [2.24, 2.45) is 0 Å². The lowest BCUT2D eigenvalue weighted by Crippen LogP contribution is -2.14. The molecule has 0 fully saturated rings. The number of carbonyl (C=O) groups is 1. The summed E-state index contributed by atoms with van der Waals surface area (Å²) in [6.07, 6.45) is 0.369. The van der Waals surface area contributed by atoms with Gasteiger partial charge in [-0.25, -0.2) is 8.42 Å². The quantitative estimate of drug-likeness (QED) is 0.502. The van der Waals surface area contributed by atoms with Crippen molar-refractivity contribution in [1.29, 1.82) is 0 Å². The standard InChI is InChI=1S/C22H22N2O3S2/c1-17-7-5-6-10-21(17)24-29(26,27)20-13-11-18(12-14-20)23-22(25)15-16-28-19-8-3-2-4-9-19/h2-14,24H,15-16H2,1H3,(H,23,25). The molecular weight excluding hydrogens is 404 g/mol. The molecular formula is C22H22N2O3S2. The summed E-state index contributed by atoms with van der Waals surface area (Å²) < 4.78 is 27.7. The van der Waals surface area contributed by atoms with Gasteiger partial charge in [0.25, 0.3) is 10.0 Å². The van der Waals surface area contributed by atoms with Crippen LogP contribution in [0.3, 0.4) is 0 Å². The number of anilines is 2. The van der Waals surface area contributed by atoms with Gasteiger partial charge in [0.2, 0.25) is 5.91 Å². The monoisotopic (exact) mass is 426 g/mol. The maximum Gasteiger partial charge on any atom is 0.261 e. The molecule has 3 rings (SSSR count). The lowest BCUT2D eigenvalue weighted by atomic mass is 10.2. The predicted molar refractivity (Wildman–Crippen MR) is 119 cm³/mol. The summed E-state index contributed by atoms with van der Waals surface area (Å²) in [6, 6.07) is 23.2. The minimum atomic E-state index is -3.69. The highest BCUT2D eigenvalue weighted by atomic mass is 32.2. The fourth-order valence-electron chi connectivity index (χ4n) is 2.61. The van der Waals surface area contributed by atoms with Crippen LogP contribution in [0.4, 0.5) is 11.4 Å². The molecule has 0 aliphatic rings. The van der Waals surface area contributed by atoms with Crippen LogP contribution in [0.15, 0.2) is 88.7 Å². The Hall–Kier alpha value is -2.77. The smallest absolute Gasteiger partial charge is 0.261 e. The number of hydrogen-bond acceptors (Lipinski definition) is 4. The van der Waals surface area contributed by atoms with Crippen LogP contribution in [0, 0.1) is 6.92 Å². The normalized spacial score (nSPS) is 11.1. The Morgan fingerprint density at radius 3 is 2.24 bits per heavy atom. The van der Waals surface area contributed by atoms with Crippen LogP contribution in [0.1, 0.15) is 12.0 Å². The number of para-hydroxylation sites is 1. The van der Waals surface area contributed by atoms with E-state index in [0.717, 1.165) is 10.5 Å². The Balaban J connectivity index is 1.55. The third-order valence-electron chi connectivity index (χ3n) is 4.18. The molecule has 7 heteroatoms. The molecule has 0 atom stereocenters. The fraction of sp³-hybridized carbons (Fsp3) is 0.136. The zero-order valence-corrected chi connectivity index (χ0v) is 17.6. The number of carbonyl (C=O) groups excluding carboxylic acids is 1. The Labute approximate surface area is 175 Å². The van der Waals surface area contributed by atoms with E-state index in [4.69, 9.17) is 0 Å². The molecule has 29 heavy (non-hydrogen) atoms. The summed E-state index contributed by atoms with van der Waals surface area (Å²) in [5.74, 6) is 0.560. The van der Waals surface area contributed by atoms with E-state index >= 15 is 0 Å². The Kier molecular flexibility index (Phi) is 6.95. The SMILES string of the molecule is Cc1ccccc1NS(=O)(=O)c1ccc(NC(=O)CCSc2ccccc2)cc1. The number of sulfonamides is 1. The first kappa shape index (κ1) is 21.0. The van der Waals surface area contributed by atoms with E-state index in [9.17, 15) is 13.2 Å². The second-order valence-electron chi connectivity index (χ2n) is 6.40. The van der Waals surface area contributed by atoms with Gasteiger partial charge in [-0.3, -0.25) is 9.52 Å². The number of benzene rings is 3. The van der Waals surface area contributed by atoms with Crippen molar-refractivity contribution in [1.82, 2.24) is 0 Å². The second-order valence-corrected chi connectivity index (χ2v) is 9.26. The molecule has 3 aromatic rings. The molecule has 0 spiro atoms. The van der Waals surface area contributed by atoms with Gasteiger partial charge in [-0.2, -0.15) is 0 Å². The highest BCUT2D eigenvalue weighted by Crippen LogP contribution is 2.21. The topological polar surface area (TPSA) is 75.3 Å². The lowest BCUT2D eigenvalue weighted by molar-refractivity contribution is -0.115. The summed E-state index contributed by atoms with van der Waals surface area (Å²) >= 11 is 1.62. The predicted octanol–water partition coefficient (Wildman–Crippen LogP) is 4.92. The summed E-state index contributed by atoms with van der Waals surface area (Å²) in [6.45, 7) is 1.84. The second kappa shape index (κ2) is 9.62. The van der Waals surface area contributed by atoms with E-state index < -0.39 is 10.0 Å². The lowest BCUT2D eigenvalue weighted by Gasteiger charge is -2.11. The van der Waals surface area contributed by atoms with Crippen molar-refractivity contribution in [2.45, 2.75) is 23.1 Å². The first-order valence-corrected chi connectivity index (χ1v) is 11.6. The third kappa shape index (κ3) is 6.10. The minimum absolute atomic E-state index is 0.109. The van der Waals surface area contributed by atoms with Gasteiger partial charge in [-0.1, -0.05) is 36.4 Å². The number of thioether (sulfide) groups is 1. The molecule has 0 aliphatic carbocycles. The highest BCUT2D eigenvalue weighted by molar-refractivity contribution is 7.99. The van der Waals surface area contributed by atoms with Crippen LogP contribution in [0.25, 0.3) is 0 Å². The Bertz CT molecular complexity index is 1070. The molecule has 1 amide bonds. The summed E-state index contributed by atoms with van der Waals surface area (Å²) in [5.41, 5.74) is 1.95. The van der Waals surface area contributed by atoms with Crippen molar-refractivity contribution in [3.05, 3.63) is 84.4 Å². The largest absolute Gasteiger partial charge is 0.326 e. The van der Waals surface area contributed by atoms with Crippen LogP contribution >= 0.6 is 11.8 Å². The van der Waals surface area contributed by atoms with Gasteiger partial charge in [0, 0.05) is 22.8 Å². The number of hydrogen-bond donors (Lipinski definition) is 2. The maximum absolute atomic E-state index is 12.6. The summed E-state index contributed by atoms with van der Waals surface area (Å²) in [4.78, 5) is 13.4. The van der Waals surface area contributed by atoms with E-state index in [0.29, 0.717) is 23.5 Å². The Morgan fingerprint density at radius 1 is 0.897 bits per heavy atom. The average molecular weight is 427 g/mol. The van der Waals surface area contributed by atoms with E-state index in [1.807, 2.05) is 49.4 Å². The molecule has 0 aromatic heterocycles. The van der Waals surface area contributed by atoms with Gasteiger partial charge in [-0.05, 0) is 55.0 Å². The molecule has 0 aliphatic heterocycles. The minimum Gasteiger partial charge on any atom is -0.326 e. The van der Waals surface area contributed by atoms with Gasteiger partial charge < -0.3 is 5.32 Å². The summed E-state index contributed by atoms with van der Waals surface area (Å²) in [5, 5.41) is 2.80. The van der Waals surface area contributed by atoms with E-state index in [-0.39, 0.29) is 10.8 Å². The molecule has 0 heterocycles. The van der Waals surface area contributed by atoms with Gasteiger partial charge in [0.15, 0.2) is 0 Å². The highest BCUT2D eigenvalue weighted by Gasteiger charge is 2.15. The molecule has 150 valence electrons. The average Bonchev–Trinajstić information content (AvgIpc) is 2.71. The van der Waals surface area contributed by atoms with Crippen LogP contribution in [0.5, 0.6) is 0 Å². The van der Waals surface area contributed by atoms with Crippen LogP contribution in [-0.2, 0) is 14.8 Å². The van der Waals surface area contributed by atoms with Crippen LogP contribution in [-0.4, -0.2) is 20.1 Å². The van der Waals surface area contributed by atoms with Crippen LogP contribution < -0.4 is 10.0 Å². The third-order valence-corrected chi connectivity index (χ3v) is 6.57. The molecule has 3 aromatic carbocycles. The van der Waals surface area contributed by atoms with Gasteiger partial charge >= 0.3 is 0 Å². The van der Waals surface area contributed by atoms with Crippen molar-refractivity contribution < 1.29 is 13.2 Å². The molecule has 0 saturated carbocycles. The number of nitrogens with one attached hydrogen (secondary N) is 2. The van der Waals surface area contributed by atoms with E-state index in [1.165, 1.54) is 12.1 Å². The van der Waals surface area contributed by atoms with Crippen molar-refractivity contribution in [3.8, 4) is 0 Å². The number of aryl methyl sites for hydroxylation is 1. The molecule has 0 saturated heterocycles. The molecule has 2 N–H and O–H groups in total. The fourth-order valence-corrected chi connectivity index (χ4v) is 4.61.